The van der Waals surface area contributed by atoms with Crippen molar-refractivity contribution in [1.82, 2.24) is 18.3 Å². The highest BCUT2D eigenvalue weighted by Gasteiger charge is 2.29. The summed E-state index contributed by atoms with van der Waals surface area (Å²) in [6, 6.07) is 46.7. The smallest absolute Gasteiger partial charge is 0.127 e. The summed E-state index contributed by atoms with van der Waals surface area (Å²) in [6.45, 7) is 0. The molecule has 0 saturated heterocycles. The molecule has 4 aromatic heterocycles. The first-order chi connectivity index (χ1) is 23.9. The number of aromatic nitrogens is 4. The van der Waals surface area contributed by atoms with Crippen molar-refractivity contribution in [3.8, 4) is 11.4 Å². The fourth-order valence-electron chi connectivity index (χ4n) is 9.82. The van der Waals surface area contributed by atoms with Crippen molar-refractivity contribution in [3.63, 3.8) is 0 Å². The lowest BCUT2D eigenvalue weighted by Crippen LogP contribution is -2.09. The standard InChI is InChI=1S/C44H38N4/c1-2-15-29(14-1)45-37-24-9-5-20-33(37)41-35-22-7-11-26-39(35)47(43(41)45)31-18-13-19-32(28-31)48-40-27-12-8-23-36(40)42-34-21-6-10-25-38(34)46(44(42)48)30-16-3-4-17-30/h5-13,18-30H,1-4,14-17H2. The van der Waals surface area contributed by atoms with E-state index in [-0.39, 0.29) is 0 Å². The van der Waals surface area contributed by atoms with Crippen molar-refractivity contribution < 1.29 is 0 Å². The molecular formula is C44H38N4. The lowest BCUT2D eigenvalue weighted by Gasteiger charge is -2.20. The first kappa shape index (κ1) is 26.8. The van der Waals surface area contributed by atoms with E-state index in [0.29, 0.717) is 12.1 Å². The third-order valence-electron chi connectivity index (χ3n) is 11.7. The van der Waals surface area contributed by atoms with E-state index >= 15 is 0 Å². The first-order valence-corrected chi connectivity index (χ1v) is 18.0. The van der Waals surface area contributed by atoms with Crippen LogP contribution in [0, 0.1) is 0 Å². The minimum atomic E-state index is 0.522. The first-order valence-electron chi connectivity index (χ1n) is 18.0. The van der Waals surface area contributed by atoms with Crippen LogP contribution in [0.15, 0.2) is 121 Å². The highest BCUT2D eigenvalue weighted by molar-refractivity contribution is 6.23. The summed E-state index contributed by atoms with van der Waals surface area (Å²) in [5, 5.41) is 8.17. The summed E-state index contributed by atoms with van der Waals surface area (Å²) in [6.07, 6.45) is 10.2. The Morgan fingerprint density at radius 1 is 0.375 bits per heavy atom. The Morgan fingerprint density at radius 2 is 0.729 bits per heavy atom. The van der Waals surface area contributed by atoms with Crippen molar-refractivity contribution in [1.29, 1.82) is 0 Å². The molecule has 5 aromatic carbocycles. The molecule has 2 saturated carbocycles. The minimum Gasteiger partial charge on any atom is -0.323 e. The van der Waals surface area contributed by atoms with Gasteiger partial charge < -0.3 is 9.13 Å². The molecule has 0 spiro atoms. The SMILES string of the molecule is c1cc(-n2c3ccccc3c3c4ccccc4n(C4CCCC4)c32)cc(-n2c3ccccc3c3c4ccccc4n(C4CCCC4)c32)c1. The van der Waals surface area contributed by atoms with Gasteiger partial charge in [0.15, 0.2) is 0 Å². The second-order valence-corrected chi connectivity index (χ2v) is 14.3. The van der Waals surface area contributed by atoms with E-state index in [2.05, 4.69) is 140 Å². The predicted molar refractivity (Wildman–Crippen MR) is 201 cm³/mol. The third kappa shape index (κ3) is 3.55. The molecule has 2 aliphatic carbocycles. The van der Waals surface area contributed by atoms with Gasteiger partial charge in [0.1, 0.15) is 11.3 Å². The Hall–Kier alpha value is -5.22. The van der Waals surface area contributed by atoms with E-state index in [1.165, 1.54) is 128 Å². The van der Waals surface area contributed by atoms with Gasteiger partial charge in [0, 0.05) is 55.8 Å². The quantitative estimate of drug-likeness (QED) is 0.186. The number of nitrogens with zero attached hydrogens (tertiary/aromatic N) is 4. The summed E-state index contributed by atoms with van der Waals surface area (Å²) in [5.74, 6) is 0. The van der Waals surface area contributed by atoms with Crippen molar-refractivity contribution in [3.05, 3.63) is 121 Å². The Balaban J connectivity index is 1.24. The van der Waals surface area contributed by atoms with Gasteiger partial charge in [-0.15, -0.1) is 0 Å². The molecule has 4 heteroatoms. The van der Waals surface area contributed by atoms with Gasteiger partial charge in [-0.05, 0) is 68.1 Å². The highest BCUT2D eigenvalue weighted by Crippen LogP contribution is 2.46. The Kier molecular flexibility index (Phi) is 5.66. The summed E-state index contributed by atoms with van der Waals surface area (Å²) >= 11 is 0. The number of hydrogen-bond acceptors (Lipinski definition) is 0. The van der Waals surface area contributed by atoms with E-state index < -0.39 is 0 Å². The van der Waals surface area contributed by atoms with Crippen molar-refractivity contribution in [2.75, 3.05) is 0 Å². The zero-order valence-electron chi connectivity index (χ0n) is 27.1. The molecule has 4 heterocycles. The van der Waals surface area contributed by atoms with E-state index in [1.807, 2.05) is 0 Å². The van der Waals surface area contributed by atoms with Crippen LogP contribution < -0.4 is 0 Å². The fraction of sp³-hybridized carbons (Fsp3) is 0.227. The highest BCUT2D eigenvalue weighted by atomic mass is 15.2. The average Bonchev–Trinajstić information content (AvgIpc) is 3.98. The molecule has 11 rings (SSSR count). The largest absolute Gasteiger partial charge is 0.323 e. The minimum absolute atomic E-state index is 0.522. The molecule has 2 fully saturated rings. The van der Waals surface area contributed by atoms with Gasteiger partial charge in [0.2, 0.25) is 0 Å². The molecule has 0 atom stereocenters. The lowest BCUT2D eigenvalue weighted by molar-refractivity contribution is 0.545. The zero-order chi connectivity index (χ0) is 31.3. The van der Waals surface area contributed by atoms with Gasteiger partial charge in [-0.25, -0.2) is 0 Å². The van der Waals surface area contributed by atoms with E-state index in [9.17, 15) is 0 Å². The molecule has 48 heavy (non-hydrogen) atoms. The van der Waals surface area contributed by atoms with Crippen LogP contribution in [0.2, 0.25) is 0 Å². The van der Waals surface area contributed by atoms with Crippen molar-refractivity contribution in [2.45, 2.75) is 63.5 Å². The maximum Gasteiger partial charge on any atom is 0.127 e. The van der Waals surface area contributed by atoms with Crippen LogP contribution in [0.1, 0.15) is 63.5 Å². The van der Waals surface area contributed by atoms with Gasteiger partial charge in [0.25, 0.3) is 0 Å². The molecule has 4 nitrogen and oxygen atoms in total. The molecule has 0 aliphatic heterocycles. The number of fused-ring (bicyclic) bond motifs is 10. The maximum atomic E-state index is 2.70. The molecule has 2 aliphatic rings. The van der Waals surface area contributed by atoms with E-state index in [4.69, 9.17) is 0 Å². The number of para-hydroxylation sites is 4. The van der Waals surface area contributed by atoms with Crippen LogP contribution in [0.4, 0.5) is 0 Å². The van der Waals surface area contributed by atoms with Gasteiger partial charge in [-0.3, -0.25) is 9.13 Å². The summed E-state index contributed by atoms with van der Waals surface area (Å²) in [4.78, 5) is 0. The second-order valence-electron chi connectivity index (χ2n) is 14.3. The van der Waals surface area contributed by atoms with Crippen LogP contribution in [-0.4, -0.2) is 18.3 Å². The van der Waals surface area contributed by atoms with Gasteiger partial charge in [0.05, 0.1) is 22.1 Å². The van der Waals surface area contributed by atoms with Crippen LogP contribution >= 0.6 is 0 Å². The molecular weight excluding hydrogens is 585 g/mol. The van der Waals surface area contributed by atoms with E-state index in [1.54, 1.807) is 0 Å². The molecule has 0 radical (unpaired) electrons. The monoisotopic (exact) mass is 622 g/mol. The summed E-state index contributed by atoms with van der Waals surface area (Å²) in [5.41, 5.74) is 10.4. The lowest BCUT2D eigenvalue weighted by atomic mass is 10.1. The van der Waals surface area contributed by atoms with Crippen molar-refractivity contribution >= 4 is 65.7 Å². The van der Waals surface area contributed by atoms with Crippen LogP contribution in [-0.2, 0) is 0 Å². The third-order valence-corrected chi connectivity index (χ3v) is 11.7. The van der Waals surface area contributed by atoms with Gasteiger partial charge in [-0.1, -0.05) is 105 Å². The normalized spacial score (nSPS) is 16.3. The molecule has 0 unspecified atom stereocenters. The number of rotatable bonds is 4. The van der Waals surface area contributed by atoms with Crippen LogP contribution in [0.5, 0.6) is 0 Å². The predicted octanol–water partition coefficient (Wildman–Crippen LogP) is 12.0. The molecule has 234 valence electrons. The van der Waals surface area contributed by atoms with Crippen LogP contribution in [0.25, 0.3) is 77.1 Å². The van der Waals surface area contributed by atoms with Gasteiger partial charge >= 0.3 is 0 Å². The fourth-order valence-corrected chi connectivity index (χ4v) is 9.82. The summed E-state index contributed by atoms with van der Waals surface area (Å²) < 4.78 is 10.5. The second kappa shape index (κ2) is 10.1. The molecule has 0 bridgehead atoms. The summed E-state index contributed by atoms with van der Waals surface area (Å²) in [7, 11) is 0. The van der Waals surface area contributed by atoms with Gasteiger partial charge in [-0.2, -0.15) is 0 Å². The topological polar surface area (TPSA) is 19.7 Å². The number of hydrogen-bond donors (Lipinski definition) is 0. The zero-order valence-corrected chi connectivity index (χ0v) is 27.1. The maximum absolute atomic E-state index is 2.70. The van der Waals surface area contributed by atoms with Crippen molar-refractivity contribution in [2.24, 2.45) is 0 Å². The Morgan fingerprint density at radius 3 is 1.15 bits per heavy atom. The van der Waals surface area contributed by atoms with Crippen LogP contribution in [0.3, 0.4) is 0 Å². The average molecular weight is 623 g/mol. The molecule has 0 amide bonds. The Labute approximate surface area is 279 Å². The molecule has 0 N–H and O–H groups in total. The Bertz CT molecular complexity index is 2510. The molecule has 9 aromatic rings. The van der Waals surface area contributed by atoms with E-state index in [0.717, 1.165) is 0 Å². The number of benzene rings is 5.